The molecule has 7 rings (SSSR count). The van der Waals surface area contributed by atoms with Crippen molar-refractivity contribution in [2.24, 2.45) is 0 Å². The van der Waals surface area contributed by atoms with E-state index in [2.05, 4.69) is 19.2 Å². The predicted molar refractivity (Wildman–Crippen MR) is 109 cm³/mol. The topological polar surface area (TPSA) is 69.2 Å². The molecule has 0 atom stereocenters. The number of halogens is 5. The number of nitrogens with two attached hydrogens (primary N) is 1. The minimum atomic E-state index is -4.87. The van der Waals surface area contributed by atoms with Crippen LogP contribution in [0.2, 0.25) is 0 Å². The molecule has 178 valence electrons. The Morgan fingerprint density at radius 3 is 2.33 bits per heavy atom. The fraction of sp³-hybridized carbons (Fsp3) is 0.636. The molecule has 2 aromatic heterocycles. The van der Waals surface area contributed by atoms with Crippen molar-refractivity contribution < 1.29 is 26.7 Å². The number of aromatic nitrogens is 3. The maximum absolute atomic E-state index is 13.6. The lowest BCUT2D eigenvalue weighted by Crippen LogP contribution is -2.79. The molecule has 6 nitrogen and oxygen atoms in total. The lowest BCUT2D eigenvalue weighted by atomic mass is 9.43. The molecule has 3 heterocycles. The number of hydrogen-bond acceptors (Lipinski definition) is 5. The Labute approximate surface area is 186 Å². The van der Waals surface area contributed by atoms with Gasteiger partial charge in [-0.3, -0.25) is 4.90 Å². The van der Waals surface area contributed by atoms with E-state index in [0.29, 0.717) is 30.3 Å². The summed E-state index contributed by atoms with van der Waals surface area (Å²) in [4.78, 5) is 10.9. The van der Waals surface area contributed by atoms with E-state index in [-0.39, 0.29) is 29.7 Å². The molecule has 1 aliphatic heterocycles. The van der Waals surface area contributed by atoms with Crippen molar-refractivity contribution in [2.45, 2.75) is 74.2 Å². The van der Waals surface area contributed by atoms with Gasteiger partial charge in [-0.25, -0.2) is 18.7 Å². The summed E-state index contributed by atoms with van der Waals surface area (Å²) in [5, 5.41) is 0. The zero-order valence-corrected chi connectivity index (χ0v) is 17.8. The van der Waals surface area contributed by atoms with Crippen molar-refractivity contribution in [2.75, 3.05) is 18.8 Å². The zero-order valence-electron chi connectivity index (χ0n) is 17.8. The van der Waals surface area contributed by atoms with Crippen molar-refractivity contribution in [3.63, 3.8) is 0 Å². The maximum Gasteiger partial charge on any atom is 0.573 e. The number of alkyl halides is 5. The molecule has 0 aromatic carbocycles. The number of imidazole rings is 1. The van der Waals surface area contributed by atoms with E-state index in [1.807, 2.05) is 6.20 Å². The second-order valence-electron chi connectivity index (χ2n) is 10.1. The van der Waals surface area contributed by atoms with Gasteiger partial charge in [0.15, 0.2) is 11.6 Å². The summed E-state index contributed by atoms with van der Waals surface area (Å²) in [6.07, 6.45) is 2.99. The SMILES string of the molecule is Nc1ncc(-c2cn(C34CC(N5CCC(F)(F)CC5)(C3)C4)c(C3CC3)n2)cc1OC(F)(F)F. The molecule has 4 aliphatic carbocycles. The molecule has 0 unspecified atom stereocenters. The monoisotopic (exact) mass is 469 g/mol. The van der Waals surface area contributed by atoms with Gasteiger partial charge in [0.05, 0.1) is 11.2 Å². The summed E-state index contributed by atoms with van der Waals surface area (Å²) in [6, 6.07) is 1.22. The third-order valence-corrected chi connectivity index (χ3v) is 7.73. The van der Waals surface area contributed by atoms with Gasteiger partial charge < -0.3 is 15.0 Å². The minimum absolute atomic E-state index is 0.00176. The summed E-state index contributed by atoms with van der Waals surface area (Å²) in [7, 11) is 0. The molecule has 4 saturated carbocycles. The van der Waals surface area contributed by atoms with Gasteiger partial charge in [-0.05, 0) is 38.2 Å². The lowest BCUT2D eigenvalue weighted by Gasteiger charge is -2.75. The normalized spacial score (nSPS) is 31.1. The highest BCUT2D eigenvalue weighted by molar-refractivity contribution is 5.64. The molecular formula is C22H24F5N5O. The van der Waals surface area contributed by atoms with Gasteiger partial charge in [-0.1, -0.05) is 0 Å². The quantitative estimate of drug-likeness (QED) is 0.645. The van der Waals surface area contributed by atoms with Gasteiger partial charge in [0, 0.05) is 55.3 Å². The van der Waals surface area contributed by atoms with Crippen LogP contribution in [0.15, 0.2) is 18.5 Å². The first-order valence-electron chi connectivity index (χ1n) is 11.2. The molecule has 33 heavy (non-hydrogen) atoms. The molecule has 0 amide bonds. The smallest absolute Gasteiger partial charge is 0.402 e. The summed E-state index contributed by atoms with van der Waals surface area (Å²) in [5.74, 6) is -2.17. The van der Waals surface area contributed by atoms with Crippen LogP contribution in [0.4, 0.5) is 27.8 Å². The van der Waals surface area contributed by atoms with Crippen LogP contribution in [0, 0.1) is 0 Å². The number of nitrogens with zero attached hydrogens (tertiary/aromatic N) is 4. The zero-order chi connectivity index (χ0) is 23.2. The summed E-state index contributed by atoms with van der Waals surface area (Å²) < 4.78 is 71.5. The summed E-state index contributed by atoms with van der Waals surface area (Å²) in [6.45, 7) is 0.847. The van der Waals surface area contributed by atoms with Crippen molar-refractivity contribution in [3.05, 3.63) is 24.3 Å². The fourth-order valence-corrected chi connectivity index (χ4v) is 5.93. The van der Waals surface area contributed by atoms with Gasteiger partial charge in [-0.15, -0.1) is 13.2 Å². The van der Waals surface area contributed by atoms with E-state index in [0.717, 1.165) is 37.9 Å². The highest BCUT2D eigenvalue weighted by Crippen LogP contribution is 2.69. The second kappa shape index (κ2) is 6.58. The first kappa shape index (κ1) is 21.1. The van der Waals surface area contributed by atoms with E-state index < -0.39 is 18.0 Å². The number of hydrogen-bond donors (Lipinski definition) is 1. The number of rotatable bonds is 5. The highest BCUT2D eigenvalue weighted by atomic mass is 19.4. The standard InChI is InChI=1S/C22H24F5N5O/c23-21(24)3-5-31(6-4-21)19-10-20(11-19,12-19)32-9-15(30-18(32)13-1-2-13)14-7-16(17(28)29-8-14)33-22(25,26)27/h7-9,13H,1-6,10-12H2,(H2,28,29). The molecule has 5 aliphatic rings. The Morgan fingerprint density at radius 1 is 1.06 bits per heavy atom. The van der Waals surface area contributed by atoms with Gasteiger partial charge in [-0.2, -0.15) is 0 Å². The number of piperidine rings is 1. The third kappa shape index (κ3) is 3.46. The van der Waals surface area contributed by atoms with Crippen LogP contribution in [0.25, 0.3) is 11.3 Å². The average molecular weight is 469 g/mol. The fourth-order valence-electron chi connectivity index (χ4n) is 5.93. The first-order chi connectivity index (χ1) is 15.5. The van der Waals surface area contributed by atoms with E-state index >= 15 is 0 Å². The van der Waals surface area contributed by atoms with Gasteiger partial charge in [0.2, 0.25) is 0 Å². The number of pyridine rings is 1. The van der Waals surface area contributed by atoms with Crippen LogP contribution in [-0.4, -0.2) is 50.3 Å². The van der Waals surface area contributed by atoms with Crippen LogP contribution in [0.3, 0.4) is 0 Å². The van der Waals surface area contributed by atoms with E-state index in [4.69, 9.17) is 10.7 Å². The van der Waals surface area contributed by atoms with E-state index in [1.165, 1.54) is 12.3 Å². The van der Waals surface area contributed by atoms with Crippen molar-refractivity contribution in [1.29, 1.82) is 0 Å². The lowest BCUT2D eigenvalue weighted by molar-refractivity contribution is -0.274. The summed E-state index contributed by atoms with van der Waals surface area (Å²) in [5.41, 5.74) is 6.42. The Balaban J connectivity index is 1.25. The number of ether oxygens (including phenoxy) is 1. The van der Waals surface area contributed by atoms with Gasteiger partial charge in [0.25, 0.3) is 5.92 Å². The molecular weight excluding hydrogens is 445 g/mol. The second-order valence-corrected chi connectivity index (χ2v) is 10.1. The van der Waals surface area contributed by atoms with Crippen molar-refractivity contribution in [3.8, 4) is 17.0 Å². The van der Waals surface area contributed by atoms with Crippen LogP contribution in [0.5, 0.6) is 5.75 Å². The Bertz CT molecular complexity index is 1080. The predicted octanol–water partition coefficient (Wildman–Crippen LogP) is 4.67. The highest BCUT2D eigenvalue weighted by Gasteiger charge is 2.72. The van der Waals surface area contributed by atoms with E-state index in [9.17, 15) is 22.0 Å². The number of nitrogen functional groups attached to an aromatic ring is 1. The number of anilines is 1. The Kier molecular flexibility index (Phi) is 4.21. The van der Waals surface area contributed by atoms with Crippen LogP contribution in [-0.2, 0) is 5.54 Å². The third-order valence-electron chi connectivity index (χ3n) is 7.73. The minimum Gasteiger partial charge on any atom is -0.402 e. The van der Waals surface area contributed by atoms with Crippen LogP contribution in [0.1, 0.15) is 56.7 Å². The first-order valence-corrected chi connectivity index (χ1v) is 11.2. The molecule has 11 heteroatoms. The largest absolute Gasteiger partial charge is 0.573 e. The van der Waals surface area contributed by atoms with Crippen LogP contribution >= 0.6 is 0 Å². The van der Waals surface area contributed by atoms with Crippen LogP contribution < -0.4 is 10.5 Å². The van der Waals surface area contributed by atoms with Gasteiger partial charge >= 0.3 is 6.36 Å². The molecule has 1 saturated heterocycles. The molecule has 2 N–H and O–H groups in total. The van der Waals surface area contributed by atoms with Crippen molar-refractivity contribution in [1.82, 2.24) is 19.4 Å². The molecule has 2 bridgehead atoms. The summed E-state index contributed by atoms with van der Waals surface area (Å²) >= 11 is 0. The van der Waals surface area contributed by atoms with E-state index in [1.54, 1.807) is 0 Å². The maximum atomic E-state index is 13.6. The Morgan fingerprint density at radius 2 is 1.73 bits per heavy atom. The molecule has 2 aromatic rings. The molecule has 5 fully saturated rings. The van der Waals surface area contributed by atoms with Gasteiger partial charge in [0.1, 0.15) is 5.82 Å². The molecule has 0 spiro atoms. The average Bonchev–Trinajstić information content (AvgIpc) is 3.41. The Hall–Kier alpha value is -2.43. The number of likely N-dealkylation sites (tertiary alicyclic amines) is 1. The molecule has 0 radical (unpaired) electrons. The van der Waals surface area contributed by atoms with Crippen molar-refractivity contribution >= 4 is 5.82 Å².